The predicted octanol–water partition coefficient (Wildman–Crippen LogP) is 1.79. The number of fused-ring (bicyclic) bond motifs is 1. The van der Waals surface area contributed by atoms with Crippen LogP contribution in [-0.4, -0.2) is 18.7 Å². The van der Waals surface area contributed by atoms with Crippen LogP contribution in [0.1, 0.15) is 11.1 Å². The number of anilines is 1. The summed E-state index contributed by atoms with van der Waals surface area (Å²) in [5, 5.41) is 2.72. The van der Waals surface area contributed by atoms with E-state index in [1.54, 1.807) is 0 Å². The van der Waals surface area contributed by atoms with E-state index in [9.17, 15) is 4.79 Å². The lowest BCUT2D eigenvalue weighted by atomic mass is 10.0. The largest absolute Gasteiger partial charge is 0.323 e. The Bertz CT molecular complexity index is 435. The normalized spacial score (nSPS) is 13.1. The van der Waals surface area contributed by atoms with Crippen molar-refractivity contribution in [1.29, 1.82) is 0 Å². The molecule has 1 aliphatic heterocycles. The summed E-state index contributed by atoms with van der Waals surface area (Å²) in [6, 6.07) is 5.86. The molecule has 76 valence electrons. The van der Waals surface area contributed by atoms with Crippen LogP contribution in [0.3, 0.4) is 0 Å². The molecule has 1 N–H and O–H groups in total. The summed E-state index contributed by atoms with van der Waals surface area (Å²) in [7, 11) is 0. The average molecular weight is 200 g/mol. The highest BCUT2D eigenvalue weighted by atomic mass is 16.1. The zero-order valence-corrected chi connectivity index (χ0v) is 8.36. The van der Waals surface area contributed by atoms with Crippen molar-refractivity contribution in [3.63, 3.8) is 0 Å². The first kappa shape index (κ1) is 9.65. The highest BCUT2D eigenvalue weighted by Gasteiger charge is 2.06. The number of hydrogen-bond acceptors (Lipinski definition) is 2. The second-order valence-corrected chi connectivity index (χ2v) is 3.39. The summed E-state index contributed by atoms with van der Waals surface area (Å²) in [6.07, 6.45) is 4.08. The Morgan fingerprint density at radius 2 is 2.40 bits per heavy atom. The van der Waals surface area contributed by atoms with Gasteiger partial charge in [0.1, 0.15) is 0 Å². The summed E-state index contributed by atoms with van der Waals surface area (Å²) in [4.78, 5) is 15.3. The van der Waals surface area contributed by atoms with Crippen LogP contribution in [0, 0.1) is 0 Å². The molecule has 0 aromatic heterocycles. The van der Waals surface area contributed by atoms with E-state index in [1.807, 2.05) is 24.4 Å². The number of hydrogen-bond donors (Lipinski definition) is 1. The molecule has 0 saturated carbocycles. The number of carbonyl (C=O) groups is 1. The summed E-state index contributed by atoms with van der Waals surface area (Å²) >= 11 is 0. The minimum absolute atomic E-state index is 0.192. The molecule has 0 aliphatic carbocycles. The molecule has 15 heavy (non-hydrogen) atoms. The van der Waals surface area contributed by atoms with Crippen LogP contribution < -0.4 is 5.32 Å². The maximum absolute atomic E-state index is 11.1. The molecule has 3 heteroatoms. The van der Waals surface area contributed by atoms with Gasteiger partial charge in [-0.2, -0.15) is 0 Å². The van der Waals surface area contributed by atoms with E-state index >= 15 is 0 Å². The van der Waals surface area contributed by atoms with Crippen LogP contribution in [-0.2, 0) is 11.2 Å². The highest BCUT2D eigenvalue weighted by molar-refractivity contribution is 5.99. The van der Waals surface area contributed by atoms with Gasteiger partial charge in [0.15, 0.2) is 0 Å². The molecule has 1 amide bonds. The molecule has 0 atom stereocenters. The summed E-state index contributed by atoms with van der Waals surface area (Å²) in [5.41, 5.74) is 3.15. The zero-order valence-electron chi connectivity index (χ0n) is 8.36. The Balaban J connectivity index is 2.25. The molecular weight excluding hydrogens is 188 g/mol. The maximum atomic E-state index is 11.1. The van der Waals surface area contributed by atoms with E-state index in [2.05, 4.69) is 16.9 Å². The number of nitrogens with zero attached hydrogens (tertiary/aromatic N) is 1. The third-order valence-electron chi connectivity index (χ3n) is 2.34. The minimum Gasteiger partial charge on any atom is -0.323 e. The van der Waals surface area contributed by atoms with Gasteiger partial charge in [-0.3, -0.25) is 9.79 Å². The van der Waals surface area contributed by atoms with Crippen molar-refractivity contribution < 1.29 is 4.79 Å². The van der Waals surface area contributed by atoms with E-state index < -0.39 is 0 Å². The van der Waals surface area contributed by atoms with Gasteiger partial charge < -0.3 is 5.32 Å². The van der Waals surface area contributed by atoms with Gasteiger partial charge in [-0.15, -0.1) is 0 Å². The van der Waals surface area contributed by atoms with Gasteiger partial charge >= 0.3 is 0 Å². The number of benzene rings is 1. The molecule has 0 spiro atoms. The van der Waals surface area contributed by atoms with Crippen LogP contribution in [0.4, 0.5) is 5.69 Å². The van der Waals surface area contributed by atoms with Crippen LogP contribution in [0.25, 0.3) is 0 Å². The second kappa shape index (κ2) is 4.09. The fourth-order valence-corrected chi connectivity index (χ4v) is 1.56. The molecule has 0 unspecified atom stereocenters. The average Bonchev–Trinajstić information content (AvgIpc) is 2.29. The van der Waals surface area contributed by atoms with Gasteiger partial charge in [0.2, 0.25) is 5.91 Å². The fraction of sp³-hybridized carbons (Fsp3) is 0.167. The Morgan fingerprint density at radius 3 is 3.20 bits per heavy atom. The first-order valence-electron chi connectivity index (χ1n) is 4.86. The monoisotopic (exact) mass is 200 g/mol. The number of aliphatic imine (C=N–C) groups is 1. The van der Waals surface area contributed by atoms with Crippen molar-refractivity contribution in [2.45, 2.75) is 6.42 Å². The lowest BCUT2D eigenvalue weighted by molar-refractivity contribution is -0.111. The van der Waals surface area contributed by atoms with Crippen molar-refractivity contribution >= 4 is 17.8 Å². The molecule has 3 nitrogen and oxygen atoms in total. The second-order valence-electron chi connectivity index (χ2n) is 3.39. The Labute approximate surface area is 88.5 Å². The van der Waals surface area contributed by atoms with Gasteiger partial charge in [-0.05, 0) is 35.8 Å². The summed E-state index contributed by atoms with van der Waals surface area (Å²) < 4.78 is 0. The smallest absolute Gasteiger partial charge is 0.247 e. The number of nitrogens with one attached hydrogen (secondary N) is 1. The van der Waals surface area contributed by atoms with Crippen LogP contribution in [0.15, 0.2) is 35.8 Å². The van der Waals surface area contributed by atoms with Gasteiger partial charge in [0.25, 0.3) is 0 Å². The third kappa shape index (κ3) is 2.13. The van der Waals surface area contributed by atoms with Gasteiger partial charge in [-0.25, -0.2) is 0 Å². The van der Waals surface area contributed by atoms with Crippen LogP contribution >= 0.6 is 0 Å². The first-order chi connectivity index (χ1) is 7.29. The van der Waals surface area contributed by atoms with Crippen molar-refractivity contribution in [3.8, 4) is 0 Å². The minimum atomic E-state index is -0.192. The van der Waals surface area contributed by atoms with E-state index in [-0.39, 0.29) is 5.91 Å². The van der Waals surface area contributed by atoms with Gasteiger partial charge in [-0.1, -0.05) is 12.6 Å². The van der Waals surface area contributed by atoms with Gasteiger partial charge in [0.05, 0.1) is 0 Å². The lowest BCUT2D eigenvalue weighted by Crippen LogP contribution is -2.09. The van der Waals surface area contributed by atoms with Crippen molar-refractivity contribution in [2.24, 2.45) is 4.99 Å². The molecule has 0 fully saturated rings. The zero-order chi connectivity index (χ0) is 10.7. The lowest BCUT2D eigenvalue weighted by Gasteiger charge is -2.11. The van der Waals surface area contributed by atoms with E-state index in [4.69, 9.17) is 0 Å². The molecule has 0 saturated heterocycles. The molecule has 0 bridgehead atoms. The van der Waals surface area contributed by atoms with E-state index in [0.717, 1.165) is 24.2 Å². The highest BCUT2D eigenvalue weighted by Crippen LogP contribution is 2.17. The molecule has 1 aromatic rings. The molecule has 0 radical (unpaired) electrons. The van der Waals surface area contributed by atoms with Crippen molar-refractivity contribution in [2.75, 3.05) is 11.9 Å². The van der Waals surface area contributed by atoms with Crippen molar-refractivity contribution in [1.82, 2.24) is 0 Å². The predicted molar refractivity (Wildman–Crippen MR) is 61.4 cm³/mol. The summed E-state index contributed by atoms with van der Waals surface area (Å²) in [6.45, 7) is 4.26. The molecule has 2 rings (SSSR count). The maximum Gasteiger partial charge on any atom is 0.247 e. The van der Waals surface area contributed by atoms with Crippen LogP contribution in [0.5, 0.6) is 0 Å². The number of carbonyl (C=O) groups excluding carboxylic acids is 1. The topological polar surface area (TPSA) is 41.5 Å². The number of rotatable bonds is 2. The van der Waals surface area contributed by atoms with Gasteiger partial charge in [0, 0.05) is 18.4 Å². The van der Waals surface area contributed by atoms with E-state index in [1.165, 1.54) is 11.6 Å². The molecular formula is C12H12N2O. The quantitative estimate of drug-likeness (QED) is 0.726. The van der Waals surface area contributed by atoms with E-state index in [0.29, 0.717) is 0 Å². The fourth-order valence-electron chi connectivity index (χ4n) is 1.56. The molecule has 1 aliphatic rings. The Hall–Kier alpha value is -1.90. The Morgan fingerprint density at radius 1 is 1.53 bits per heavy atom. The van der Waals surface area contributed by atoms with Crippen molar-refractivity contribution in [3.05, 3.63) is 42.0 Å². The molecule has 1 aromatic carbocycles. The Kier molecular flexibility index (Phi) is 2.63. The molecule has 1 heterocycles. The SMILES string of the molecule is C=CC(=O)Nc1ccc2c(c1)C=NCC2. The third-order valence-corrected chi connectivity index (χ3v) is 2.34. The summed E-state index contributed by atoms with van der Waals surface area (Å²) in [5.74, 6) is -0.192. The number of amides is 1. The standard InChI is InChI=1S/C12H12N2O/c1-2-12(15)14-11-4-3-9-5-6-13-8-10(9)7-11/h2-4,7-8H,1,5-6H2,(H,14,15). The van der Waals surface area contributed by atoms with Crippen LogP contribution in [0.2, 0.25) is 0 Å². The first-order valence-corrected chi connectivity index (χ1v) is 4.86.